The van der Waals surface area contributed by atoms with Gasteiger partial charge in [0, 0.05) is 0 Å². The maximum Gasteiger partial charge on any atom is 0.359 e. The molecule has 1 aromatic rings. The minimum Gasteiger partial charge on any atom is -0.710 e. The van der Waals surface area contributed by atoms with Crippen LogP contribution in [0, 0.1) is 16.5 Å². The molecular weight excluding hydrogens is 150 g/mol. The van der Waals surface area contributed by atoms with Crippen LogP contribution in [0.15, 0.2) is 17.6 Å². The Balaban J connectivity index is 3.20. The first-order chi connectivity index (χ1) is 4.74. The lowest BCUT2D eigenvalue weighted by Gasteiger charge is -1.98. The van der Waals surface area contributed by atoms with Gasteiger partial charge in [0.2, 0.25) is 0 Å². The molecule has 1 heterocycles. The van der Waals surface area contributed by atoms with E-state index in [0.29, 0.717) is 4.73 Å². The van der Waals surface area contributed by atoms with Crippen molar-refractivity contribution in [3.8, 4) is 6.07 Å². The second kappa shape index (κ2) is 2.54. The van der Waals surface area contributed by atoms with E-state index in [9.17, 15) is 5.21 Å². The Morgan fingerprint density at radius 3 is 3.00 bits per heavy atom. The molecule has 0 radical (unpaired) electrons. The lowest BCUT2D eigenvalue weighted by Crippen LogP contribution is -2.29. The summed E-state index contributed by atoms with van der Waals surface area (Å²) in [6.45, 7) is 0. The van der Waals surface area contributed by atoms with Crippen molar-refractivity contribution >= 4 is 12.6 Å². The van der Waals surface area contributed by atoms with Crippen LogP contribution in [0.3, 0.4) is 0 Å². The predicted molar refractivity (Wildman–Crippen MR) is 35.2 cm³/mol. The van der Waals surface area contributed by atoms with Crippen LogP contribution < -0.4 is 4.73 Å². The lowest BCUT2D eigenvalue weighted by molar-refractivity contribution is -0.650. The maximum atomic E-state index is 10.6. The molecule has 0 saturated carbocycles. The highest BCUT2D eigenvalue weighted by Gasteiger charge is 2.01. The molecule has 10 heavy (non-hydrogen) atoms. The third kappa shape index (κ3) is 1.17. The van der Waals surface area contributed by atoms with Crippen LogP contribution in [0.4, 0.5) is 0 Å². The summed E-state index contributed by atoms with van der Waals surface area (Å²) in [5.41, 5.74) is 0.229. The minimum absolute atomic E-state index is 0.0407. The predicted octanol–water partition coefficient (Wildman–Crippen LogP) is -0.125. The van der Waals surface area contributed by atoms with Crippen molar-refractivity contribution in [3.63, 3.8) is 0 Å². The summed E-state index contributed by atoms with van der Waals surface area (Å²) < 4.78 is 0.432. The van der Waals surface area contributed by atoms with Gasteiger partial charge in [-0.2, -0.15) is 5.26 Å². The number of thiol groups is 1. The van der Waals surface area contributed by atoms with E-state index in [4.69, 9.17) is 5.26 Å². The summed E-state index contributed by atoms with van der Waals surface area (Å²) in [5, 5.41) is 19.0. The molecule has 0 aliphatic heterocycles. The van der Waals surface area contributed by atoms with Crippen LogP contribution in [0.2, 0.25) is 0 Å². The Kier molecular flexibility index (Phi) is 1.73. The second-order valence-corrected chi connectivity index (χ2v) is 1.98. The first-order valence-corrected chi connectivity index (χ1v) is 2.87. The van der Waals surface area contributed by atoms with E-state index in [0.717, 1.165) is 6.20 Å². The highest BCUT2D eigenvalue weighted by Crippen LogP contribution is 1.93. The highest BCUT2D eigenvalue weighted by atomic mass is 32.1. The van der Waals surface area contributed by atoms with E-state index in [1.807, 2.05) is 0 Å². The van der Waals surface area contributed by atoms with Crippen LogP contribution in [0.25, 0.3) is 0 Å². The van der Waals surface area contributed by atoms with Gasteiger partial charge in [0.15, 0.2) is 6.20 Å². The Hall–Kier alpha value is -1.28. The van der Waals surface area contributed by atoms with Gasteiger partial charge in [-0.3, -0.25) is 0 Å². The SMILES string of the molecule is N#Cc1cnc(S)[n+]([O-])c1. The summed E-state index contributed by atoms with van der Waals surface area (Å²) in [6.07, 6.45) is 2.41. The molecule has 1 rings (SSSR count). The highest BCUT2D eigenvalue weighted by molar-refractivity contribution is 7.79. The van der Waals surface area contributed by atoms with Gasteiger partial charge in [0.05, 0.1) is 0 Å². The van der Waals surface area contributed by atoms with Crippen LogP contribution in [0.5, 0.6) is 0 Å². The van der Waals surface area contributed by atoms with Crippen molar-refractivity contribution < 1.29 is 4.73 Å². The fourth-order valence-corrected chi connectivity index (χ4v) is 0.575. The van der Waals surface area contributed by atoms with E-state index in [1.165, 1.54) is 6.20 Å². The summed E-state index contributed by atoms with van der Waals surface area (Å²) >= 11 is 3.71. The van der Waals surface area contributed by atoms with Crippen LogP contribution in [0.1, 0.15) is 5.56 Å². The smallest absolute Gasteiger partial charge is 0.359 e. The molecule has 0 amide bonds. The summed E-state index contributed by atoms with van der Waals surface area (Å²) in [7, 11) is 0. The quantitative estimate of drug-likeness (QED) is 0.244. The molecule has 0 bridgehead atoms. The number of aromatic nitrogens is 2. The molecule has 0 atom stereocenters. The van der Waals surface area contributed by atoms with Crippen molar-refractivity contribution in [3.05, 3.63) is 23.2 Å². The van der Waals surface area contributed by atoms with Crippen molar-refractivity contribution in [2.75, 3.05) is 0 Å². The van der Waals surface area contributed by atoms with E-state index in [-0.39, 0.29) is 10.7 Å². The third-order valence-electron chi connectivity index (χ3n) is 0.902. The van der Waals surface area contributed by atoms with Crippen molar-refractivity contribution in [2.45, 2.75) is 5.16 Å². The first-order valence-electron chi connectivity index (χ1n) is 2.42. The topological polar surface area (TPSA) is 63.6 Å². The van der Waals surface area contributed by atoms with E-state index in [2.05, 4.69) is 17.6 Å². The van der Waals surface area contributed by atoms with E-state index < -0.39 is 0 Å². The number of nitrogens with zero attached hydrogens (tertiary/aromatic N) is 3. The molecule has 5 heteroatoms. The summed E-state index contributed by atoms with van der Waals surface area (Å²) in [6, 6.07) is 1.78. The van der Waals surface area contributed by atoms with Crippen LogP contribution in [-0.2, 0) is 0 Å². The first kappa shape index (κ1) is 6.83. The van der Waals surface area contributed by atoms with Gasteiger partial charge in [0.25, 0.3) is 0 Å². The van der Waals surface area contributed by atoms with Gasteiger partial charge in [-0.05, 0) is 4.98 Å². The molecule has 0 spiro atoms. The molecule has 0 aliphatic carbocycles. The van der Waals surface area contributed by atoms with Crippen molar-refractivity contribution in [1.82, 2.24) is 4.98 Å². The fraction of sp³-hybridized carbons (Fsp3) is 0. The van der Waals surface area contributed by atoms with Crippen LogP contribution >= 0.6 is 12.6 Å². The summed E-state index contributed by atoms with van der Waals surface area (Å²) in [4.78, 5) is 3.54. The fourth-order valence-electron chi connectivity index (χ4n) is 0.459. The van der Waals surface area contributed by atoms with Gasteiger partial charge >= 0.3 is 5.16 Å². The number of hydrogen-bond donors (Lipinski definition) is 1. The molecule has 0 N–H and O–H groups in total. The van der Waals surface area contributed by atoms with Crippen molar-refractivity contribution in [1.29, 1.82) is 5.26 Å². The number of hydrogen-bond acceptors (Lipinski definition) is 4. The van der Waals surface area contributed by atoms with Gasteiger partial charge in [-0.25, -0.2) is 4.73 Å². The van der Waals surface area contributed by atoms with Gasteiger partial charge in [0.1, 0.15) is 17.8 Å². The Morgan fingerprint density at radius 2 is 2.50 bits per heavy atom. The minimum atomic E-state index is 0.0407. The zero-order valence-corrected chi connectivity index (χ0v) is 5.75. The summed E-state index contributed by atoms with van der Waals surface area (Å²) in [5.74, 6) is 0. The third-order valence-corrected chi connectivity index (χ3v) is 1.21. The molecule has 0 saturated heterocycles. The molecular formula is C5H3N3OS. The van der Waals surface area contributed by atoms with Gasteiger partial charge in [-0.1, -0.05) is 12.6 Å². The Morgan fingerprint density at radius 1 is 1.80 bits per heavy atom. The monoisotopic (exact) mass is 153 g/mol. The van der Waals surface area contributed by atoms with Gasteiger partial charge < -0.3 is 5.21 Å². The van der Waals surface area contributed by atoms with E-state index >= 15 is 0 Å². The second-order valence-electron chi connectivity index (χ2n) is 1.58. The Labute approximate surface area is 62.7 Å². The average Bonchev–Trinajstić information content (AvgIpc) is 1.95. The average molecular weight is 153 g/mol. The van der Waals surface area contributed by atoms with Gasteiger partial charge in [-0.15, -0.1) is 0 Å². The molecule has 1 aromatic heterocycles. The molecule has 50 valence electrons. The van der Waals surface area contributed by atoms with Crippen molar-refractivity contribution in [2.24, 2.45) is 0 Å². The molecule has 0 aliphatic rings. The zero-order valence-electron chi connectivity index (χ0n) is 4.85. The Bertz CT molecular complexity index is 293. The van der Waals surface area contributed by atoms with E-state index in [1.54, 1.807) is 6.07 Å². The molecule has 0 aromatic carbocycles. The standard InChI is InChI=1S/C5H3N3OS/c6-1-4-2-7-5(10)8(9)3-4/h2-3H,(H,7,10). The number of rotatable bonds is 0. The maximum absolute atomic E-state index is 10.6. The molecule has 0 fully saturated rings. The number of nitriles is 1. The van der Waals surface area contributed by atoms with Crippen LogP contribution in [-0.4, -0.2) is 4.98 Å². The molecule has 4 nitrogen and oxygen atoms in total. The normalized spacial score (nSPS) is 8.80. The molecule has 0 unspecified atom stereocenters. The largest absolute Gasteiger partial charge is 0.710 e. The zero-order chi connectivity index (χ0) is 7.56. The lowest BCUT2D eigenvalue weighted by atomic mass is 10.4.